The van der Waals surface area contributed by atoms with Crippen molar-refractivity contribution in [3.63, 3.8) is 0 Å². The van der Waals surface area contributed by atoms with E-state index in [1.165, 1.54) is 34.8 Å². The zero-order chi connectivity index (χ0) is 22.6. The summed E-state index contributed by atoms with van der Waals surface area (Å²) >= 11 is 3.16. The standard InChI is InChI=1S/C18H18S2.C6H5BrO4S/c1-3-7-17-15(5-1)9-11-19(17)13-14-20-12-10-16-6-2-4-8-18(16)20;7-5-1-3-6(4-2-5)11-12(8,9)10/h1-12,19-20H,13-14H2;1-4H,(H,8,9,10). The van der Waals surface area contributed by atoms with E-state index in [2.05, 4.69) is 91.6 Å². The molecular weight excluding hydrogens is 528 g/mol. The molecule has 2 heterocycles. The van der Waals surface area contributed by atoms with Gasteiger partial charge >= 0.3 is 10.4 Å². The third-order valence-electron chi connectivity index (χ3n) is 4.96. The molecule has 1 N–H and O–H groups in total. The Labute approximate surface area is 202 Å². The Bertz CT molecular complexity index is 1190. The number of thiol groups is 2. The lowest BCUT2D eigenvalue weighted by molar-refractivity contribution is 0.387. The summed E-state index contributed by atoms with van der Waals surface area (Å²) in [6.07, 6.45) is 4.62. The van der Waals surface area contributed by atoms with Gasteiger partial charge in [-0.05, 0) is 91.8 Å². The fourth-order valence-corrected chi connectivity index (χ4v) is 9.14. The summed E-state index contributed by atoms with van der Waals surface area (Å²) in [4.78, 5) is 3.16. The molecule has 32 heavy (non-hydrogen) atoms. The molecule has 3 aromatic rings. The van der Waals surface area contributed by atoms with Gasteiger partial charge in [-0.15, -0.1) is 0 Å². The summed E-state index contributed by atoms with van der Waals surface area (Å²) in [6.45, 7) is 0. The van der Waals surface area contributed by atoms with Crippen molar-refractivity contribution in [1.82, 2.24) is 0 Å². The Kier molecular flexibility index (Phi) is 7.48. The van der Waals surface area contributed by atoms with Crippen LogP contribution in [-0.4, -0.2) is 24.5 Å². The average molecular weight is 552 g/mol. The first kappa shape index (κ1) is 23.2. The van der Waals surface area contributed by atoms with Crippen LogP contribution in [0, 0.1) is 0 Å². The summed E-state index contributed by atoms with van der Waals surface area (Å²) in [7, 11) is -4.53. The van der Waals surface area contributed by atoms with Crippen molar-refractivity contribution in [1.29, 1.82) is 0 Å². The third kappa shape index (κ3) is 6.08. The minimum absolute atomic E-state index is 0.0646. The van der Waals surface area contributed by atoms with Crippen molar-refractivity contribution in [2.75, 3.05) is 11.5 Å². The molecule has 2 aliphatic heterocycles. The predicted octanol–water partition coefficient (Wildman–Crippen LogP) is 6.71. The van der Waals surface area contributed by atoms with Crippen molar-refractivity contribution >= 4 is 60.3 Å². The zero-order valence-electron chi connectivity index (χ0n) is 17.0. The smallest absolute Gasteiger partial charge is 0.362 e. The normalized spacial score (nSPS) is 20.2. The van der Waals surface area contributed by atoms with E-state index in [1.807, 2.05) is 0 Å². The maximum atomic E-state index is 10.2. The number of halogens is 1. The molecule has 168 valence electrons. The van der Waals surface area contributed by atoms with Crippen molar-refractivity contribution in [2.45, 2.75) is 9.79 Å². The van der Waals surface area contributed by atoms with Crippen LogP contribution in [0.3, 0.4) is 0 Å². The first-order valence-electron chi connectivity index (χ1n) is 9.89. The molecule has 0 aliphatic carbocycles. The summed E-state index contributed by atoms with van der Waals surface area (Å²) in [5.41, 5.74) is 2.88. The van der Waals surface area contributed by atoms with Crippen molar-refractivity contribution in [2.24, 2.45) is 0 Å². The van der Waals surface area contributed by atoms with Gasteiger partial charge in [0.15, 0.2) is 0 Å². The van der Waals surface area contributed by atoms with E-state index in [1.54, 1.807) is 21.9 Å². The lowest BCUT2D eigenvalue weighted by Gasteiger charge is -2.20. The molecule has 2 atom stereocenters. The minimum Gasteiger partial charge on any atom is -0.362 e. The van der Waals surface area contributed by atoms with E-state index in [4.69, 9.17) is 4.55 Å². The van der Waals surface area contributed by atoms with Crippen molar-refractivity contribution < 1.29 is 17.2 Å². The second-order valence-electron chi connectivity index (χ2n) is 7.10. The molecule has 0 saturated carbocycles. The van der Waals surface area contributed by atoms with Crippen LogP contribution in [0.5, 0.6) is 5.75 Å². The third-order valence-corrected chi connectivity index (χ3v) is 10.7. The van der Waals surface area contributed by atoms with Crippen LogP contribution in [0.15, 0.2) is 97.9 Å². The molecule has 2 aliphatic rings. The van der Waals surface area contributed by atoms with E-state index in [0.717, 1.165) is 4.47 Å². The second kappa shape index (κ2) is 10.3. The van der Waals surface area contributed by atoms with Crippen LogP contribution in [-0.2, 0) is 10.4 Å². The molecule has 5 rings (SSSR count). The first-order valence-corrected chi connectivity index (χ1v) is 15.2. The molecule has 0 fully saturated rings. The molecule has 0 aromatic heterocycles. The maximum absolute atomic E-state index is 10.2. The van der Waals surface area contributed by atoms with E-state index >= 15 is 0 Å². The Balaban J connectivity index is 0.000000176. The largest absolute Gasteiger partial charge is 0.446 e. The summed E-state index contributed by atoms with van der Waals surface area (Å²) in [5.74, 6) is 2.72. The van der Waals surface area contributed by atoms with Crippen LogP contribution in [0.4, 0.5) is 0 Å². The van der Waals surface area contributed by atoms with Gasteiger partial charge in [-0.2, -0.15) is 8.42 Å². The van der Waals surface area contributed by atoms with Crippen LogP contribution in [0.1, 0.15) is 11.1 Å². The van der Waals surface area contributed by atoms with Crippen molar-refractivity contribution in [3.8, 4) is 5.75 Å². The van der Waals surface area contributed by atoms with Gasteiger partial charge in [-0.1, -0.05) is 52.3 Å². The Morgan fingerprint density at radius 1 is 0.750 bits per heavy atom. The number of hydrogen-bond donors (Lipinski definition) is 3. The molecule has 4 nitrogen and oxygen atoms in total. The Morgan fingerprint density at radius 2 is 1.22 bits per heavy atom. The Hall–Kier alpha value is -1.97. The van der Waals surface area contributed by atoms with Crippen molar-refractivity contribution in [3.05, 3.63) is 99.2 Å². The molecule has 3 aromatic carbocycles. The van der Waals surface area contributed by atoms with Gasteiger partial charge < -0.3 is 4.18 Å². The molecule has 2 unspecified atom stereocenters. The summed E-state index contributed by atoms with van der Waals surface area (Å²) in [5, 5.41) is 4.89. The fraction of sp³-hybridized carbons (Fsp3) is 0.0833. The minimum atomic E-state index is -4.41. The SMILES string of the molecule is C1=C[SH](CC[SH]2C=Cc3ccccc32)c2ccccc21.O=S(=O)(O)Oc1ccc(Br)cc1. The van der Waals surface area contributed by atoms with Gasteiger partial charge in [-0.25, -0.2) is 21.8 Å². The second-order valence-corrected chi connectivity index (χ2v) is 13.4. The number of rotatable bonds is 5. The highest BCUT2D eigenvalue weighted by molar-refractivity contribution is 9.10. The van der Waals surface area contributed by atoms with Gasteiger partial charge in [0.25, 0.3) is 0 Å². The molecule has 8 heteroatoms. The van der Waals surface area contributed by atoms with Gasteiger partial charge in [0.1, 0.15) is 5.75 Å². The fourth-order valence-electron chi connectivity index (χ4n) is 3.50. The highest BCUT2D eigenvalue weighted by atomic mass is 79.9. The number of fused-ring (bicyclic) bond motifs is 2. The topological polar surface area (TPSA) is 63.6 Å². The summed E-state index contributed by atoms with van der Waals surface area (Å²) in [6, 6.07) is 23.8. The lowest BCUT2D eigenvalue weighted by atomic mass is 10.2. The number of hydrogen-bond acceptors (Lipinski definition) is 3. The van der Waals surface area contributed by atoms with E-state index in [0.29, 0.717) is 0 Å². The zero-order valence-corrected chi connectivity index (χ0v) is 21.2. The molecule has 0 bridgehead atoms. The lowest BCUT2D eigenvalue weighted by Crippen LogP contribution is -2.06. The van der Waals surface area contributed by atoms with Gasteiger partial charge in [0.05, 0.1) is 0 Å². The van der Waals surface area contributed by atoms with Crippen LogP contribution >= 0.6 is 37.7 Å². The highest BCUT2D eigenvalue weighted by Gasteiger charge is 2.17. The predicted molar refractivity (Wildman–Crippen MR) is 142 cm³/mol. The van der Waals surface area contributed by atoms with Gasteiger partial charge in [0, 0.05) is 4.47 Å². The van der Waals surface area contributed by atoms with E-state index < -0.39 is 10.4 Å². The quantitative estimate of drug-likeness (QED) is 0.244. The first-order chi connectivity index (χ1) is 15.4. The monoisotopic (exact) mass is 550 g/mol. The van der Waals surface area contributed by atoms with Crippen LogP contribution < -0.4 is 4.18 Å². The molecular formula is C24H23BrO4S3. The Morgan fingerprint density at radius 3 is 1.69 bits per heavy atom. The average Bonchev–Trinajstić information content (AvgIpc) is 3.37. The van der Waals surface area contributed by atoms with Gasteiger partial charge in [-0.3, -0.25) is 4.55 Å². The van der Waals surface area contributed by atoms with Crippen LogP contribution in [0.2, 0.25) is 0 Å². The molecule has 0 radical (unpaired) electrons. The molecule has 0 spiro atoms. The van der Waals surface area contributed by atoms with Gasteiger partial charge in [0.2, 0.25) is 0 Å². The molecule has 0 amide bonds. The van der Waals surface area contributed by atoms with E-state index in [-0.39, 0.29) is 27.5 Å². The van der Waals surface area contributed by atoms with E-state index in [9.17, 15) is 8.42 Å². The highest BCUT2D eigenvalue weighted by Crippen LogP contribution is 2.51. The number of benzene rings is 3. The van der Waals surface area contributed by atoms with Crippen LogP contribution in [0.25, 0.3) is 12.2 Å². The maximum Gasteiger partial charge on any atom is 0.446 e. The molecule has 0 saturated heterocycles. The summed E-state index contributed by atoms with van der Waals surface area (Å²) < 4.78 is 33.7.